The molecule has 7 fully saturated rings. The molecule has 0 radical (unpaired) electrons. The fraction of sp³-hybridized carbons (Fsp3) is 1.00. The summed E-state index contributed by atoms with van der Waals surface area (Å²) in [6.07, 6.45) is 12.3. The van der Waals surface area contributed by atoms with Gasteiger partial charge in [-0.3, -0.25) is 0 Å². The van der Waals surface area contributed by atoms with Crippen LogP contribution in [-0.4, -0.2) is 19.3 Å². The van der Waals surface area contributed by atoms with Gasteiger partial charge in [0, 0.05) is 19.3 Å². The van der Waals surface area contributed by atoms with E-state index in [1.165, 1.54) is 25.7 Å². The highest BCUT2D eigenvalue weighted by Gasteiger charge is 2.67. The second-order valence-electron chi connectivity index (χ2n) is 11.7. The molecule has 0 aromatic heterocycles. The molecule has 0 nitrogen and oxygen atoms in total. The smallest absolute Gasteiger partial charge is 0.0304 e. The zero-order valence-electron chi connectivity index (χ0n) is 16.4. The molecule has 0 saturated heterocycles. The second-order valence-corrected chi connectivity index (χ2v) is 15.9. The monoisotopic (exact) mass is 636 g/mol. The number of rotatable bonds is 0. The predicted molar refractivity (Wildman–Crippen MR) is 130 cm³/mol. The van der Waals surface area contributed by atoms with Crippen LogP contribution in [0.25, 0.3) is 0 Å². The Labute approximate surface area is 204 Å². The van der Waals surface area contributed by atoms with Gasteiger partial charge in [-0.2, -0.15) is 0 Å². The maximum atomic E-state index is 4.16. The molecule has 28 heavy (non-hydrogen) atoms. The highest BCUT2D eigenvalue weighted by molar-refractivity contribution is 9.12. The van der Waals surface area contributed by atoms with E-state index in [4.69, 9.17) is 0 Å². The van der Waals surface area contributed by atoms with Gasteiger partial charge < -0.3 is 0 Å². The summed E-state index contributed by atoms with van der Waals surface area (Å²) in [5, 5.41) is 0. The van der Waals surface area contributed by atoms with Gasteiger partial charge in [-0.05, 0) is 122 Å². The molecular formula is C24H32Br4. The molecule has 7 aliphatic carbocycles. The Kier molecular flexibility index (Phi) is 4.65. The molecule has 4 heteroatoms. The zero-order valence-corrected chi connectivity index (χ0v) is 22.8. The summed E-state index contributed by atoms with van der Waals surface area (Å²) in [6, 6.07) is 0. The lowest BCUT2D eigenvalue weighted by atomic mass is 9.40. The molecule has 0 spiro atoms. The minimum absolute atomic E-state index is 0.740. The van der Waals surface area contributed by atoms with Crippen LogP contribution in [0.5, 0.6) is 0 Å². The lowest BCUT2D eigenvalue weighted by molar-refractivity contribution is -0.165. The highest BCUT2D eigenvalue weighted by atomic mass is 79.9. The zero-order chi connectivity index (χ0) is 18.9. The van der Waals surface area contributed by atoms with E-state index in [0.29, 0.717) is 0 Å². The SMILES string of the molecule is BrC1C(Br)C2CCC3C4CCC5C(Br)C(Br)C6CCC(C7CCC1C2C73)C4C65. The summed E-state index contributed by atoms with van der Waals surface area (Å²) < 4.78 is 0. The number of alkyl halides is 4. The van der Waals surface area contributed by atoms with Crippen LogP contribution >= 0.6 is 63.7 Å². The number of hydrogen-bond donors (Lipinski definition) is 0. The van der Waals surface area contributed by atoms with E-state index in [9.17, 15) is 0 Å². The minimum atomic E-state index is 0.740. The number of hydrogen-bond acceptors (Lipinski definition) is 0. The topological polar surface area (TPSA) is 0 Å². The van der Waals surface area contributed by atoms with Crippen molar-refractivity contribution < 1.29 is 0 Å². The van der Waals surface area contributed by atoms with Gasteiger partial charge in [0.25, 0.3) is 0 Å². The molecule has 0 N–H and O–H groups in total. The third-order valence-corrected chi connectivity index (χ3v) is 17.9. The molecule has 12 unspecified atom stereocenters. The summed E-state index contributed by atoms with van der Waals surface area (Å²) in [4.78, 5) is 2.96. The predicted octanol–water partition coefficient (Wildman–Crippen LogP) is 7.65. The minimum Gasteiger partial charge on any atom is -0.0875 e. The summed E-state index contributed by atoms with van der Waals surface area (Å²) >= 11 is 16.7. The fourth-order valence-electron chi connectivity index (χ4n) is 11.1. The van der Waals surface area contributed by atoms with Crippen LogP contribution in [0.4, 0.5) is 0 Å². The Bertz CT molecular complexity index is 559. The van der Waals surface area contributed by atoms with E-state index in [1.807, 2.05) is 0 Å². The van der Waals surface area contributed by atoms with Gasteiger partial charge in [0.05, 0.1) is 0 Å². The van der Waals surface area contributed by atoms with Crippen molar-refractivity contribution in [3.8, 4) is 0 Å². The molecule has 7 rings (SSSR count). The first-order chi connectivity index (χ1) is 13.6. The van der Waals surface area contributed by atoms with Crippen molar-refractivity contribution in [3.63, 3.8) is 0 Å². The maximum Gasteiger partial charge on any atom is 0.0304 e. The van der Waals surface area contributed by atoms with Crippen LogP contribution < -0.4 is 0 Å². The van der Waals surface area contributed by atoms with Gasteiger partial charge in [0.15, 0.2) is 0 Å². The Morgan fingerprint density at radius 2 is 0.464 bits per heavy atom. The summed E-state index contributed by atoms with van der Waals surface area (Å²) in [6.45, 7) is 0. The normalized spacial score (nSPS) is 69.0. The first kappa shape index (κ1) is 19.4. The summed E-state index contributed by atoms with van der Waals surface area (Å²) in [5.74, 6) is 12.4. The van der Waals surface area contributed by atoms with Gasteiger partial charge in [0.1, 0.15) is 0 Å². The Morgan fingerprint density at radius 3 is 0.714 bits per heavy atom. The number of fused-ring (bicyclic) bond motifs is 2. The molecule has 0 amide bonds. The van der Waals surface area contributed by atoms with E-state index >= 15 is 0 Å². The fourth-order valence-corrected chi connectivity index (χ4v) is 15.1. The summed E-state index contributed by atoms with van der Waals surface area (Å²) in [5.41, 5.74) is 0. The van der Waals surface area contributed by atoms with Crippen LogP contribution in [0, 0.1) is 71.0 Å². The Hall–Kier alpha value is 1.92. The van der Waals surface area contributed by atoms with Crippen molar-refractivity contribution in [3.05, 3.63) is 0 Å². The van der Waals surface area contributed by atoms with Crippen molar-refractivity contribution in [1.29, 1.82) is 0 Å². The summed E-state index contributed by atoms with van der Waals surface area (Å²) in [7, 11) is 0. The molecule has 156 valence electrons. The first-order valence-electron chi connectivity index (χ1n) is 12.1. The van der Waals surface area contributed by atoms with Gasteiger partial charge in [-0.1, -0.05) is 63.7 Å². The van der Waals surface area contributed by atoms with Crippen molar-refractivity contribution in [1.82, 2.24) is 0 Å². The lowest BCUT2D eigenvalue weighted by Gasteiger charge is -2.65. The van der Waals surface area contributed by atoms with Crippen molar-refractivity contribution in [2.24, 2.45) is 71.0 Å². The van der Waals surface area contributed by atoms with Crippen LogP contribution in [-0.2, 0) is 0 Å². The van der Waals surface area contributed by atoms with Crippen LogP contribution in [0.1, 0.15) is 51.4 Å². The van der Waals surface area contributed by atoms with Crippen LogP contribution in [0.3, 0.4) is 0 Å². The second kappa shape index (κ2) is 6.72. The van der Waals surface area contributed by atoms with Gasteiger partial charge in [-0.15, -0.1) is 0 Å². The standard InChI is InChI=1S/C24H32Br4/c25-21-13-5-1-9-10-2-6-15-20-16(24(28)23(15)27)8-4-12(18(10)20)11-3-7-14(22(21)26)19(13)17(9)11/h9-24H,1-8H2. The van der Waals surface area contributed by atoms with E-state index in [0.717, 1.165) is 90.3 Å². The largest absolute Gasteiger partial charge is 0.0875 e. The molecule has 0 aromatic carbocycles. The molecule has 0 heterocycles. The molecule has 0 aromatic rings. The molecule has 0 bridgehead atoms. The molecule has 7 saturated carbocycles. The highest BCUT2D eigenvalue weighted by Crippen LogP contribution is 2.72. The first-order valence-corrected chi connectivity index (χ1v) is 15.8. The molecule has 12 atom stereocenters. The van der Waals surface area contributed by atoms with E-state index in [-0.39, 0.29) is 0 Å². The van der Waals surface area contributed by atoms with Crippen molar-refractivity contribution >= 4 is 63.7 Å². The van der Waals surface area contributed by atoms with Crippen LogP contribution in [0.15, 0.2) is 0 Å². The number of halogens is 4. The van der Waals surface area contributed by atoms with Gasteiger partial charge >= 0.3 is 0 Å². The average Bonchev–Trinajstić information content (AvgIpc) is 3.12. The Morgan fingerprint density at radius 1 is 0.286 bits per heavy atom. The van der Waals surface area contributed by atoms with Crippen molar-refractivity contribution in [2.75, 3.05) is 0 Å². The lowest BCUT2D eigenvalue weighted by Crippen LogP contribution is -2.59. The Balaban J connectivity index is 1.30. The third-order valence-electron chi connectivity index (χ3n) is 11.5. The van der Waals surface area contributed by atoms with E-state index in [1.54, 1.807) is 25.7 Å². The maximum absolute atomic E-state index is 4.16. The quantitative estimate of drug-likeness (QED) is 0.239. The van der Waals surface area contributed by atoms with Gasteiger partial charge in [0.2, 0.25) is 0 Å². The van der Waals surface area contributed by atoms with E-state index in [2.05, 4.69) is 63.7 Å². The molecule has 7 aliphatic rings. The van der Waals surface area contributed by atoms with Crippen molar-refractivity contribution in [2.45, 2.75) is 70.7 Å². The third kappa shape index (κ3) is 2.29. The van der Waals surface area contributed by atoms with Gasteiger partial charge in [-0.25, -0.2) is 0 Å². The average molecular weight is 640 g/mol. The van der Waals surface area contributed by atoms with Crippen LogP contribution in [0.2, 0.25) is 0 Å². The molecular weight excluding hydrogens is 608 g/mol. The molecule has 0 aliphatic heterocycles. The van der Waals surface area contributed by atoms with E-state index < -0.39 is 0 Å².